The maximum Gasteiger partial charge on any atom is 0.279 e. The number of piperazine rings is 1. The highest BCUT2D eigenvalue weighted by Crippen LogP contribution is 2.18. The second kappa shape index (κ2) is 9.32. The molecule has 1 fully saturated rings. The van der Waals surface area contributed by atoms with E-state index >= 15 is 0 Å². The van der Waals surface area contributed by atoms with Crippen molar-refractivity contribution in [2.75, 3.05) is 45.2 Å². The standard InChI is InChI=1S/C21H24FN3O3/c1-28-19-5-3-2-4-16(19)14-21(27)25-12-10-24(11-13-25)15-20(26)23-18-8-6-17(22)7-9-18/h2-9H,10-15H2,1H3,(H,23,26)/p+1. The Hall–Kier alpha value is -2.93. The van der Waals surface area contributed by atoms with E-state index in [1.54, 1.807) is 7.11 Å². The summed E-state index contributed by atoms with van der Waals surface area (Å²) >= 11 is 0. The van der Waals surface area contributed by atoms with E-state index in [1.807, 2.05) is 29.2 Å². The summed E-state index contributed by atoms with van der Waals surface area (Å²) in [4.78, 5) is 27.7. The summed E-state index contributed by atoms with van der Waals surface area (Å²) in [7, 11) is 1.60. The monoisotopic (exact) mass is 386 g/mol. The number of hydrogen-bond acceptors (Lipinski definition) is 3. The quantitative estimate of drug-likeness (QED) is 0.770. The molecule has 2 amide bonds. The van der Waals surface area contributed by atoms with Gasteiger partial charge in [0.15, 0.2) is 6.54 Å². The lowest BCUT2D eigenvalue weighted by molar-refractivity contribution is -0.895. The summed E-state index contributed by atoms with van der Waals surface area (Å²) in [5.74, 6) is 0.338. The van der Waals surface area contributed by atoms with Crippen LogP contribution in [0, 0.1) is 5.82 Å². The first-order valence-electron chi connectivity index (χ1n) is 9.34. The lowest BCUT2D eigenvalue weighted by Gasteiger charge is -2.32. The number of nitrogens with zero attached hydrogens (tertiary/aromatic N) is 1. The number of carbonyl (C=O) groups is 2. The highest BCUT2D eigenvalue weighted by atomic mass is 19.1. The van der Waals surface area contributed by atoms with Crippen molar-refractivity contribution >= 4 is 17.5 Å². The number of nitrogens with one attached hydrogen (secondary N) is 2. The second-order valence-electron chi connectivity index (χ2n) is 6.85. The number of ether oxygens (including phenoxy) is 1. The van der Waals surface area contributed by atoms with Gasteiger partial charge in [-0.25, -0.2) is 4.39 Å². The van der Waals surface area contributed by atoms with Gasteiger partial charge in [-0.15, -0.1) is 0 Å². The van der Waals surface area contributed by atoms with Crippen LogP contribution in [0.4, 0.5) is 10.1 Å². The lowest BCUT2D eigenvalue weighted by Crippen LogP contribution is -3.15. The molecule has 148 valence electrons. The third-order valence-corrected chi connectivity index (χ3v) is 4.90. The van der Waals surface area contributed by atoms with Gasteiger partial charge in [0.2, 0.25) is 5.91 Å². The van der Waals surface area contributed by atoms with Crippen molar-refractivity contribution in [2.45, 2.75) is 6.42 Å². The van der Waals surface area contributed by atoms with Crippen molar-refractivity contribution in [1.82, 2.24) is 4.90 Å². The number of hydrogen-bond donors (Lipinski definition) is 2. The fourth-order valence-corrected chi connectivity index (χ4v) is 3.34. The molecule has 1 aliphatic heterocycles. The lowest BCUT2D eigenvalue weighted by atomic mass is 10.1. The molecule has 0 aromatic heterocycles. The molecular weight excluding hydrogens is 361 g/mol. The van der Waals surface area contributed by atoms with Crippen LogP contribution in [-0.2, 0) is 16.0 Å². The summed E-state index contributed by atoms with van der Waals surface area (Å²) in [6, 6.07) is 13.2. The number of anilines is 1. The minimum absolute atomic E-state index is 0.0688. The molecule has 7 heteroatoms. The maximum atomic E-state index is 12.9. The summed E-state index contributed by atoms with van der Waals surface area (Å²) in [6.45, 7) is 3.00. The van der Waals surface area contributed by atoms with E-state index < -0.39 is 0 Å². The molecule has 6 nitrogen and oxygen atoms in total. The molecule has 0 bridgehead atoms. The molecule has 2 N–H and O–H groups in total. The van der Waals surface area contributed by atoms with E-state index in [2.05, 4.69) is 5.32 Å². The van der Waals surface area contributed by atoms with E-state index in [1.165, 1.54) is 24.3 Å². The van der Waals surface area contributed by atoms with Crippen LogP contribution >= 0.6 is 0 Å². The van der Waals surface area contributed by atoms with Gasteiger partial charge in [-0.1, -0.05) is 18.2 Å². The van der Waals surface area contributed by atoms with E-state index in [0.29, 0.717) is 44.8 Å². The van der Waals surface area contributed by atoms with Gasteiger partial charge >= 0.3 is 0 Å². The van der Waals surface area contributed by atoms with Crippen LogP contribution in [0.3, 0.4) is 0 Å². The average molecular weight is 386 g/mol. The third-order valence-electron chi connectivity index (χ3n) is 4.90. The van der Waals surface area contributed by atoms with Gasteiger partial charge in [0.05, 0.1) is 39.7 Å². The summed E-state index contributed by atoms with van der Waals surface area (Å²) in [6.07, 6.45) is 0.310. The molecule has 3 rings (SSSR count). The highest BCUT2D eigenvalue weighted by Gasteiger charge is 2.25. The van der Waals surface area contributed by atoms with Crippen LogP contribution in [-0.4, -0.2) is 56.5 Å². The number of benzene rings is 2. The Morgan fingerprint density at radius 3 is 2.46 bits per heavy atom. The summed E-state index contributed by atoms with van der Waals surface area (Å²) in [5, 5.41) is 2.77. The van der Waals surface area contributed by atoms with Crippen molar-refractivity contribution in [3.05, 3.63) is 59.9 Å². The molecule has 0 radical (unpaired) electrons. The van der Waals surface area contributed by atoms with E-state index in [-0.39, 0.29) is 17.6 Å². The number of para-hydroxylation sites is 1. The van der Waals surface area contributed by atoms with Crippen LogP contribution in [0.2, 0.25) is 0 Å². The molecule has 1 saturated heterocycles. The molecule has 0 unspecified atom stereocenters. The van der Waals surface area contributed by atoms with Crippen LogP contribution in [0.5, 0.6) is 5.75 Å². The molecular formula is C21H25FN3O3+. The average Bonchev–Trinajstić information content (AvgIpc) is 2.70. The van der Waals surface area contributed by atoms with Gasteiger partial charge in [-0.3, -0.25) is 9.59 Å². The predicted molar refractivity (Wildman–Crippen MR) is 104 cm³/mol. The van der Waals surface area contributed by atoms with Crippen LogP contribution in [0.15, 0.2) is 48.5 Å². The molecule has 1 heterocycles. The first-order chi connectivity index (χ1) is 13.5. The Morgan fingerprint density at radius 2 is 1.79 bits per heavy atom. The molecule has 0 spiro atoms. The number of halogens is 1. The number of rotatable bonds is 6. The third kappa shape index (κ3) is 5.29. The number of amides is 2. The van der Waals surface area contributed by atoms with E-state index in [0.717, 1.165) is 16.2 Å². The summed E-state index contributed by atoms with van der Waals surface area (Å²) in [5.41, 5.74) is 1.46. The van der Waals surface area contributed by atoms with Gasteiger partial charge in [-0.05, 0) is 30.3 Å². The topological polar surface area (TPSA) is 63.1 Å². The predicted octanol–water partition coefficient (Wildman–Crippen LogP) is 0.743. The largest absolute Gasteiger partial charge is 0.496 e. The van der Waals surface area contributed by atoms with Gasteiger partial charge < -0.3 is 19.9 Å². The normalized spacial score (nSPS) is 14.6. The Labute approximate surface area is 163 Å². The zero-order chi connectivity index (χ0) is 19.9. The molecule has 0 atom stereocenters. The van der Waals surface area contributed by atoms with Crippen molar-refractivity contribution in [2.24, 2.45) is 0 Å². The Morgan fingerprint density at radius 1 is 1.11 bits per heavy atom. The zero-order valence-electron chi connectivity index (χ0n) is 15.9. The van der Waals surface area contributed by atoms with Crippen molar-refractivity contribution in [3.8, 4) is 5.75 Å². The van der Waals surface area contributed by atoms with E-state index in [9.17, 15) is 14.0 Å². The minimum atomic E-state index is -0.336. The minimum Gasteiger partial charge on any atom is -0.496 e. The number of methoxy groups -OCH3 is 1. The molecule has 1 aliphatic rings. The smallest absolute Gasteiger partial charge is 0.279 e. The van der Waals surface area contributed by atoms with E-state index in [4.69, 9.17) is 4.74 Å². The van der Waals surface area contributed by atoms with Crippen molar-refractivity contribution in [1.29, 1.82) is 0 Å². The molecule has 0 saturated carbocycles. The number of carbonyl (C=O) groups excluding carboxylic acids is 2. The van der Waals surface area contributed by atoms with Crippen molar-refractivity contribution < 1.29 is 23.6 Å². The first kappa shape index (κ1) is 19.8. The Bertz CT molecular complexity index is 818. The summed E-state index contributed by atoms with van der Waals surface area (Å²) < 4.78 is 18.2. The maximum absolute atomic E-state index is 12.9. The van der Waals surface area contributed by atoms with Crippen LogP contribution in [0.25, 0.3) is 0 Å². The van der Waals surface area contributed by atoms with Gasteiger partial charge in [0.25, 0.3) is 5.91 Å². The van der Waals surface area contributed by atoms with Gasteiger partial charge in [-0.2, -0.15) is 0 Å². The van der Waals surface area contributed by atoms with Gasteiger partial charge in [0, 0.05) is 11.3 Å². The first-order valence-corrected chi connectivity index (χ1v) is 9.34. The van der Waals surface area contributed by atoms with Gasteiger partial charge in [0.1, 0.15) is 11.6 Å². The molecule has 2 aromatic carbocycles. The number of quaternary nitrogens is 1. The molecule has 28 heavy (non-hydrogen) atoms. The second-order valence-corrected chi connectivity index (χ2v) is 6.85. The fraction of sp³-hybridized carbons (Fsp3) is 0.333. The fourth-order valence-electron chi connectivity index (χ4n) is 3.34. The molecule has 2 aromatic rings. The Balaban J connectivity index is 1.45. The van der Waals surface area contributed by atoms with Crippen molar-refractivity contribution in [3.63, 3.8) is 0 Å². The van der Waals surface area contributed by atoms with Crippen LogP contribution in [0.1, 0.15) is 5.56 Å². The highest BCUT2D eigenvalue weighted by molar-refractivity contribution is 5.91. The van der Waals surface area contributed by atoms with Crippen LogP contribution < -0.4 is 15.0 Å². The molecule has 0 aliphatic carbocycles. The SMILES string of the molecule is COc1ccccc1CC(=O)N1CC[NH+](CC(=O)Nc2ccc(F)cc2)CC1. The zero-order valence-corrected chi connectivity index (χ0v) is 15.9. The Kier molecular flexibility index (Phi) is 6.60.